The van der Waals surface area contributed by atoms with Gasteiger partial charge in [-0.25, -0.2) is 0 Å². The van der Waals surface area contributed by atoms with E-state index in [2.05, 4.69) is 16.9 Å². The van der Waals surface area contributed by atoms with Crippen LogP contribution in [0.2, 0.25) is 0 Å². The smallest absolute Gasteiger partial charge is 0.0905 e. The third-order valence-corrected chi connectivity index (χ3v) is 2.32. The van der Waals surface area contributed by atoms with Gasteiger partial charge in [-0.15, -0.1) is 0 Å². The summed E-state index contributed by atoms with van der Waals surface area (Å²) in [5.74, 6) is 1.44. The van der Waals surface area contributed by atoms with Gasteiger partial charge in [0.25, 0.3) is 0 Å². The van der Waals surface area contributed by atoms with Crippen LogP contribution in [-0.2, 0) is 0 Å². The van der Waals surface area contributed by atoms with Crippen LogP contribution in [0.4, 0.5) is 0 Å². The number of likely N-dealkylation sites (tertiary alicyclic amines) is 1. The Morgan fingerprint density at radius 2 is 2.42 bits per heavy atom. The highest BCUT2D eigenvalue weighted by Gasteiger charge is 2.15. The lowest BCUT2D eigenvalue weighted by atomic mass is 9.99. The molecule has 1 saturated heterocycles. The van der Waals surface area contributed by atoms with Crippen molar-refractivity contribution in [2.75, 3.05) is 26.7 Å². The predicted molar refractivity (Wildman–Crippen MR) is 52.4 cm³/mol. The fourth-order valence-electron chi connectivity index (χ4n) is 1.70. The monoisotopic (exact) mass is 169 g/mol. The molecule has 0 aromatic carbocycles. The van der Waals surface area contributed by atoms with Crippen molar-refractivity contribution in [2.45, 2.75) is 19.8 Å². The van der Waals surface area contributed by atoms with E-state index in [9.17, 15) is 0 Å². The average Bonchev–Trinajstić information content (AvgIpc) is 2.01. The molecule has 0 aliphatic carbocycles. The second-order valence-corrected chi connectivity index (χ2v) is 3.75. The number of rotatable bonds is 2. The number of nitrogens with zero attached hydrogens (tertiary/aromatic N) is 2. The Hall–Kier alpha value is -0.570. The highest BCUT2D eigenvalue weighted by Crippen LogP contribution is 2.14. The lowest BCUT2D eigenvalue weighted by Gasteiger charge is -2.28. The first-order valence-corrected chi connectivity index (χ1v) is 4.63. The molecule has 1 atom stereocenters. The molecule has 3 heteroatoms. The fourth-order valence-corrected chi connectivity index (χ4v) is 1.70. The van der Waals surface area contributed by atoms with E-state index >= 15 is 0 Å². The third-order valence-electron chi connectivity index (χ3n) is 2.32. The van der Waals surface area contributed by atoms with E-state index in [1.807, 2.05) is 6.92 Å². The molecule has 1 fully saturated rings. The maximum absolute atomic E-state index is 5.48. The molecule has 2 N–H and O–H groups in total. The summed E-state index contributed by atoms with van der Waals surface area (Å²) in [6.07, 6.45) is 2.61. The van der Waals surface area contributed by atoms with Crippen molar-refractivity contribution in [3.63, 3.8) is 0 Å². The molecule has 0 saturated carbocycles. The SMILES string of the molecule is CC(N)=NCC1CCCN(C)C1. The summed E-state index contributed by atoms with van der Waals surface area (Å²) >= 11 is 0. The molecule has 0 aromatic rings. The number of aliphatic imine (C=N–C) groups is 1. The number of hydrogen-bond donors (Lipinski definition) is 1. The number of piperidine rings is 1. The first-order valence-electron chi connectivity index (χ1n) is 4.63. The zero-order valence-electron chi connectivity index (χ0n) is 8.08. The van der Waals surface area contributed by atoms with Gasteiger partial charge in [-0.05, 0) is 39.3 Å². The lowest BCUT2D eigenvalue weighted by Crippen LogP contribution is -2.33. The van der Waals surface area contributed by atoms with Gasteiger partial charge in [-0.2, -0.15) is 0 Å². The molecule has 0 aromatic heterocycles. The van der Waals surface area contributed by atoms with Gasteiger partial charge in [0.2, 0.25) is 0 Å². The van der Waals surface area contributed by atoms with E-state index < -0.39 is 0 Å². The molecular weight excluding hydrogens is 150 g/mol. The maximum atomic E-state index is 5.48. The number of amidine groups is 1. The highest BCUT2D eigenvalue weighted by molar-refractivity contribution is 5.77. The molecule has 0 amide bonds. The van der Waals surface area contributed by atoms with E-state index in [0.717, 1.165) is 12.5 Å². The van der Waals surface area contributed by atoms with Crippen molar-refractivity contribution in [3.8, 4) is 0 Å². The summed E-state index contributed by atoms with van der Waals surface area (Å²) in [4.78, 5) is 6.62. The standard InChI is InChI=1S/C9H19N3/c1-8(10)11-6-9-4-3-5-12(2)7-9/h9H,3-7H2,1-2H3,(H2,10,11). The van der Waals surface area contributed by atoms with Crippen LogP contribution >= 0.6 is 0 Å². The van der Waals surface area contributed by atoms with E-state index in [1.54, 1.807) is 0 Å². The molecule has 70 valence electrons. The Kier molecular flexibility index (Phi) is 3.53. The zero-order valence-corrected chi connectivity index (χ0v) is 8.08. The molecule has 1 aliphatic rings. The second-order valence-electron chi connectivity index (χ2n) is 3.75. The van der Waals surface area contributed by atoms with E-state index in [0.29, 0.717) is 5.84 Å². The molecule has 3 nitrogen and oxygen atoms in total. The second kappa shape index (κ2) is 4.45. The topological polar surface area (TPSA) is 41.6 Å². The lowest BCUT2D eigenvalue weighted by molar-refractivity contribution is 0.214. The van der Waals surface area contributed by atoms with Crippen LogP contribution < -0.4 is 5.73 Å². The van der Waals surface area contributed by atoms with Gasteiger partial charge in [0.1, 0.15) is 0 Å². The van der Waals surface area contributed by atoms with E-state index in [-0.39, 0.29) is 0 Å². The van der Waals surface area contributed by atoms with Gasteiger partial charge in [-0.1, -0.05) is 0 Å². The summed E-state index contributed by atoms with van der Waals surface area (Å²) in [5, 5.41) is 0. The fraction of sp³-hybridized carbons (Fsp3) is 0.889. The molecule has 1 aliphatic heterocycles. The zero-order chi connectivity index (χ0) is 8.97. The van der Waals surface area contributed by atoms with Crippen molar-refractivity contribution in [3.05, 3.63) is 0 Å². The molecule has 12 heavy (non-hydrogen) atoms. The number of nitrogens with two attached hydrogens (primary N) is 1. The Morgan fingerprint density at radius 1 is 1.67 bits per heavy atom. The Morgan fingerprint density at radius 3 is 3.00 bits per heavy atom. The van der Waals surface area contributed by atoms with Crippen molar-refractivity contribution < 1.29 is 0 Å². The van der Waals surface area contributed by atoms with Gasteiger partial charge in [-0.3, -0.25) is 4.99 Å². The average molecular weight is 169 g/mol. The normalized spacial score (nSPS) is 27.5. The molecule has 0 spiro atoms. The molecule has 1 rings (SSSR count). The maximum Gasteiger partial charge on any atom is 0.0905 e. The van der Waals surface area contributed by atoms with Crippen LogP contribution in [0.3, 0.4) is 0 Å². The largest absolute Gasteiger partial charge is 0.388 e. The predicted octanol–water partition coefficient (Wildman–Crippen LogP) is 0.705. The van der Waals surface area contributed by atoms with Crippen LogP contribution in [0.25, 0.3) is 0 Å². The van der Waals surface area contributed by atoms with Gasteiger partial charge in [0.05, 0.1) is 5.84 Å². The minimum Gasteiger partial charge on any atom is -0.388 e. The molecular formula is C9H19N3. The van der Waals surface area contributed by atoms with Crippen LogP contribution in [0, 0.1) is 5.92 Å². The summed E-state index contributed by atoms with van der Waals surface area (Å²) in [6.45, 7) is 5.18. The van der Waals surface area contributed by atoms with Crippen molar-refractivity contribution in [1.82, 2.24) is 4.90 Å². The van der Waals surface area contributed by atoms with Gasteiger partial charge < -0.3 is 10.6 Å². The number of hydrogen-bond acceptors (Lipinski definition) is 2. The first-order chi connectivity index (χ1) is 5.68. The van der Waals surface area contributed by atoms with Crippen LogP contribution in [0.5, 0.6) is 0 Å². The Labute approximate surface area is 74.6 Å². The molecule has 0 bridgehead atoms. The van der Waals surface area contributed by atoms with Crippen LogP contribution in [0.15, 0.2) is 4.99 Å². The Bertz CT molecular complexity index is 161. The molecule has 1 heterocycles. The van der Waals surface area contributed by atoms with Gasteiger partial charge in [0, 0.05) is 13.1 Å². The van der Waals surface area contributed by atoms with Crippen LogP contribution in [0.1, 0.15) is 19.8 Å². The van der Waals surface area contributed by atoms with Gasteiger partial charge >= 0.3 is 0 Å². The van der Waals surface area contributed by atoms with E-state index in [1.165, 1.54) is 25.9 Å². The minimum absolute atomic E-state index is 0.711. The van der Waals surface area contributed by atoms with Crippen molar-refractivity contribution in [2.24, 2.45) is 16.6 Å². The summed E-state index contributed by atoms with van der Waals surface area (Å²) in [5.41, 5.74) is 5.48. The molecule has 0 radical (unpaired) electrons. The Balaban J connectivity index is 2.27. The van der Waals surface area contributed by atoms with E-state index in [4.69, 9.17) is 5.73 Å². The first kappa shape index (κ1) is 9.52. The summed E-state index contributed by atoms with van der Waals surface area (Å²) < 4.78 is 0. The molecule has 1 unspecified atom stereocenters. The summed E-state index contributed by atoms with van der Waals surface area (Å²) in [7, 11) is 2.17. The van der Waals surface area contributed by atoms with Gasteiger partial charge in [0.15, 0.2) is 0 Å². The highest BCUT2D eigenvalue weighted by atomic mass is 15.1. The quantitative estimate of drug-likeness (QED) is 0.488. The van der Waals surface area contributed by atoms with Crippen molar-refractivity contribution >= 4 is 5.84 Å². The summed E-state index contributed by atoms with van der Waals surface area (Å²) in [6, 6.07) is 0. The minimum atomic E-state index is 0.711. The third kappa shape index (κ3) is 3.22. The van der Waals surface area contributed by atoms with Crippen molar-refractivity contribution in [1.29, 1.82) is 0 Å². The van der Waals surface area contributed by atoms with Crippen LogP contribution in [-0.4, -0.2) is 37.4 Å².